The van der Waals surface area contributed by atoms with Crippen LogP contribution in [0, 0.1) is 12.8 Å². The quantitative estimate of drug-likeness (QED) is 0.943. The number of carbonyl (C=O) groups excluding carboxylic acids is 1. The van der Waals surface area contributed by atoms with E-state index in [1.807, 2.05) is 55.5 Å². The summed E-state index contributed by atoms with van der Waals surface area (Å²) in [5.41, 5.74) is 2.03. The molecule has 2 aromatic carbocycles. The van der Waals surface area contributed by atoms with Crippen LogP contribution in [0.3, 0.4) is 0 Å². The smallest absolute Gasteiger partial charge is 0.227 e. The maximum absolute atomic E-state index is 11.9. The first-order valence-electron chi connectivity index (χ1n) is 7.41. The number of aryl methyl sites for hydroxylation is 1. The molecule has 1 aliphatic heterocycles. The average molecular weight is 297 g/mol. The van der Waals surface area contributed by atoms with Gasteiger partial charge in [0.25, 0.3) is 0 Å². The molecule has 0 aromatic heterocycles. The molecular weight excluding hydrogens is 278 g/mol. The van der Waals surface area contributed by atoms with Gasteiger partial charge in [-0.1, -0.05) is 17.7 Å². The normalized spacial score (nSPS) is 17.8. The summed E-state index contributed by atoms with van der Waals surface area (Å²) in [6, 6.07) is 15.3. The first-order valence-corrected chi connectivity index (χ1v) is 7.41. The van der Waals surface area contributed by atoms with Gasteiger partial charge in [0, 0.05) is 31.2 Å². The van der Waals surface area contributed by atoms with Crippen molar-refractivity contribution in [2.45, 2.75) is 13.3 Å². The van der Waals surface area contributed by atoms with Crippen LogP contribution in [0.15, 0.2) is 48.5 Å². The minimum Gasteiger partial charge on any atom is -0.457 e. The zero-order valence-corrected chi connectivity index (χ0v) is 12.5. The van der Waals surface area contributed by atoms with Crippen LogP contribution in [0.1, 0.15) is 12.0 Å². The number of aliphatic hydroxyl groups excluding tert-OH is 1. The van der Waals surface area contributed by atoms with Crippen molar-refractivity contribution in [1.82, 2.24) is 0 Å². The molecule has 1 aliphatic rings. The molecule has 3 rings (SSSR count). The average Bonchev–Trinajstić information content (AvgIpc) is 2.91. The standard InChI is InChI=1S/C18H19NO3/c1-13-2-6-16(7-3-13)22-17-8-4-15(5-9-17)19-11-14(12-20)10-18(19)21/h2-9,14,20H,10-12H2,1H3. The molecule has 4 nitrogen and oxygen atoms in total. The Morgan fingerprint density at radius 1 is 1.09 bits per heavy atom. The van der Waals surface area contributed by atoms with Crippen molar-refractivity contribution >= 4 is 11.6 Å². The Morgan fingerprint density at radius 2 is 1.68 bits per heavy atom. The van der Waals surface area contributed by atoms with Crippen LogP contribution >= 0.6 is 0 Å². The SMILES string of the molecule is Cc1ccc(Oc2ccc(N3CC(CO)CC3=O)cc2)cc1. The first kappa shape index (κ1) is 14.6. The van der Waals surface area contributed by atoms with Gasteiger partial charge in [-0.3, -0.25) is 4.79 Å². The van der Waals surface area contributed by atoms with Gasteiger partial charge >= 0.3 is 0 Å². The number of carbonyl (C=O) groups is 1. The van der Waals surface area contributed by atoms with E-state index in [1.54, 1.807) is 4.90 Å². The molecule has 4 heteroatoms. The van der Waals surface area contributed by atoms with E-state index in [0.29, 0.717) is 13.0 Å². The fourth-order valence-electron chi connectivity index (χ4n) is 2.59. The van der Waals surface area contributed by atoms with Gasteiger partial charge in [0.1, 0.15) is 11.5 Å². The van der Waals surface area contributed by atoms with E-state index in [0.717, 1.165) is 17.2 Å². The van der Waals surface area contributed by atoms with Crippen molar-refractivity contribution in [3.63, 3.8) is 0 Å². The van der Waals surface area contributed by atoms with E-state index in [9.17, 15) is 9.90 Å². The molecule has 1 atom stereocenters. The van der Waals surface area contributed by atoms with Gasteiger partial charge in [-0.2, -0.15) is 0 Å². The highest BCUT2D eigenvalue weighted by atomic mass is 16.5. The molecule has 22 heavy (non-hydrogen) atoms. The largest absolute Gasteiger partial charge is 0.457 e. The zero-order chi connectivity index (χ0) is 15.5. The molecule has 1 fully saturated rings. The highest BCUT2D eigenvalue weighted by Gasteiger charge is 2.29. The summed E-state index contributed by atoms with van der Waals surface area (Å²) in [7, 11) is 0. The van der Waals surface area contributed by atoms with E-state index < -0.39 is 0 Å². The van der Waals surface area contributed by atoms with Gasteiger partial charge in [0.15, 0.2) is 0 Å². The molecule has 0 spiro atoms. The Kier molecular flexibility index (Phi) is 4.11. The van der Waals surface area contributed by atoms with Crippen LogP contribution in [0.25, 0.3) is 0 Å². The number of rotatable bonds is 4. The Bertz CT molecular complexity index is 649. The highest BCUT2D eigenvalue weighted by molar-refractivity contribution is 5.95. The first-order chi connectivity index (χ1) is 10.7. The Hall–Kier alpha value is -2.33. The van der Waals surface area contributed by atoms with E-state index >= 15 is 0 Å². The number of hydrogen-bond acceptors (Lipinski definition) is 3. The van der Waals surface area contributed by atoms with Gasteiger partial charge in [0.05, 0.1) is 0 Å². The van der Waals surface area contributed by atoms with Crippen molar-refractivity contribution in [3.05, 3.63) is 54.1 Å². The van der Waals surface area contributed by atoms with Crippen LogP contribution in [-0.4, -0.2) is 24.2 Å². The molecular formula is C18H19NO3. The summed E-state index contributed by atoms with van der Waals surface area (Å²) in [5.74, 6) is 1.62. The van der Waals surface area contributed by atoms with Crippen molar-refractivity contribution in [2.75, 3.05) is 18.1 Å². The molecule has 1 heterocycles. The lowest BCUT2D eigenvalue weighted by Gasteiger charge is -2.17. The minimum atomic E-state index is 0.0379. The second kappa shape index (κ2) is 6.20. The van der Waals surface area contributed by atoms with E-state index in [1.165, 1.54) is 5.56 Å². The summed E-state index contributed by atoms with van der Waals surface area (Å²) >= 11 is 0. The monoisotopic (exact) mass is 297 g/mol. The zero-order valence-electron chi connectivity index (χ0n) is 12.5. The topological polar surface area (TPSA) is 49.8 Å². The van der Waals surface area contributed by atoms with Crippen LogP contribution in [0.4, 0.5) is 5.69 Å². The van der Waals surface area contributed by atoms with Crippen LogP contribution < -0.4 is 9.64 Å². The summed E-state index contributed by atoms with van der Waals surface area (Å²) in [6.07, 6.45) is 0.415. The molecule has 1 saturated heterocycles. The Morgan fingerprint density at radius 3 is 2.23 bits per heavy atom. The molecule has 0 radical (unpaired) electrons. The predicted molar refractivity (Wildman–Crippen MR) is 85.2 cm³/mol. The van der Waals surface area contributed by atoms with E-state index in [4.69, 9.17) is 4.74 Å². The summed E-state index contributed by atoms with van der Waals surface area (Å²) in [5, 5.41) is 9.18. The van der Waals surface area contributed by atoms with E-state index in [2.05, 4.69) is 0 Å². The third kappa shape index (κ3) is 3.12. The lowest BCUT2D eigenvalue weighted by Crippen LogP contribution is -2.24. The lowest BCUT2D eigenvalue weighted by atomic mass is 10.1. The van der Waals surface area contributed by atoms with E-state index in [-0.39, 0.29) is 18.4 Å². The number of amides is 1. The van der Waals surface area contributed by atoms with Crippen molar-refractivity contribution < 1.29 is 14.6 Å². The Labute approximate surface area is 130 Å². The van der Waals surface area contributed by atoms with Crippen LogP contribution in [0.2, 0.25) is 0 Å². The van der Waals surface area contributed by atoms with Crippen molar-refractivity contribution in [3.8, 4) is 11.5 Å². The number of anilines is 1. The number of aliphatic hydroxyl groups is 1. The molecule has 1 amide bonds. The van der Waals surface area contributed by atoms with Crippen molar-refractivity contribution in [1.29, 1.82) is 0 Å². The summed E-state index contributed by atoms with van der Waals surface area (Å²) < 4.78 is 5.78. The molecule has 0 aliphatic carbocycles. The van der Waals surface area contributed by atoms with Gasteiger partial charge in [-0.25, -0.2) is 0 Å². The minimum absolute atomic E-state index is 0.0379. The number of benzene rings is 2. The maximum atomic E-state index is 11.9. The third-order valence-corrected chi connectivity index (χ3v) is 3.87. The fraction of sp³-hybridized carbons (Fsp3) is 0.278. The molecule has 1 N–H and O–H groups in total. The predicted octanol–water partition coefficient (Wildman–Crippen LogP) is 3.13. The molecule has 0 saturated carbocycles. The molecule has 1 unspecified atom stereocenters. The van der Waals surface area contributed by atoms with Gasteiger partial charge < -0.3 is 14.7 Å². The lowest BCUT2D eigenvalue weighted by molar-refractivity contribution is -0.117. The van der Waals surface area contributed by atoms with Gasteiger partial charge in [-0.05, 0) is 43.3 Å². The van der Waals surface area contributed by atoms with Crippen LogP contribution in [-0.2, 0) is 4.79 Å². The highest BCUT2D eigenvalue weighted by Crippen LogP contribution is 2.28. The van der Waals surface area contributed by atoms with Gasteiger partial charge in [0.2, 0.25) is 5.91 Å². The third-order valence-electron chi connectivity index (χ3n) is 3.87. The number of hydrogen-bond donors (Lipinski definition) is 1. The Balaban J connectivity index is 1.70. The molecule has 0 bridgehead atoms. The second-order valence-corrected chi connectivity index (χ2v) is 5.67. The second-order valence-electron chi connectivity index (χ2n) is 5.67. The fourth-order valence-corrected chi connectivity index (χ4v) is 2.59. The molecule has 2 aromatic rings. The maximum Gasteiger partial charge on any atom is 0.227 e. The van der Waals surface area contributed by atoms with Crippen molar-refractivity contribution in [2.24, 2.45) is 5.92 Å². The van der Waals surface area contributed by atoms with Crippen LogP contribution in [0.5, 0.6) is 11.5 Å². The number of ether oxygens (including phenoxy) is 1. The summed E-state index contributed by atoms with van der Waals surface area (Å²) in [4.78, 5) is 13.7. The van der Waals surface area contributed by atoms with Gasteiger partial charge in [-0.15, -0.1) is 0 Å². The number of nitrogens with zero attached hydrogens (tertiary/aromatic N) is 1. The molecule has 114 valence electrons. The summed E-state index contributed by atoms with van der Waals surface area (Å²) in [6.45, 7) is 2.66.